The number of carbonyl (C=O) groups is 2. The predicted octanol–water partition coefficient (Wildman–Crippen LogP) is 3.46. The fourth-order valence-electron chi connectivity index (χ4n) is 3.27. The molecule has 1 N–H and O–H groups in total. The van der Waals surface area contributed by atoms with Crippen molar-refractivity contribution in [2.75, 3.05) is 18.4 Å². The van der Waals surface area contributed by atoms with Gasteiger partial charge < -0.3 is 10.2 Å². The Morgan fingerprint density at radius 3 is 2.79 bits per heavy atom. The lowest BCUT2D eigenvalue weighted by molar-refractivity contribution is -0.121. The van der Waals surface area contributed by atoms with Gasteiger partial charge >= 0.3 is 0 Å². The molecule has 144 valence electrons. The number of rotatable bonds is 3. The number of hydrogen-bond acceptors (Lipinski definition) is 5. The van der Waals surface area contributed by atoms with Crippen molar-refractivity contribution in [1.82, 2.24) is 14.9 Å². The van der Waals surface area contributed by atoms with E-state index in [1.54, 1.807) is 29.4 Å². The molecule has 1 aliphatic heterocycles. The molecule has 1 aromatic carbocycles. The zero-order chi connectivity index (χ0) is 19.7. The number of hydrogen-bond donors (Lipinski definition) is 1. The average Bonchev–Trinajstić information content (AvgIpc) is 3.10. The Labute approximate surface area is 163 Å². The Balaban J connectivity index is 1.46. The summed E-state index contributed by atoms with van der Waals surface area (Å²) in [5.41, 5.74) is 0.555. The third-order valence-corrected chi connectivity index (χ3v) is 5.57. The van der Waals surface area contributed by atoms with Crippen molar-refractivity contribution in [3.05, 3.63) is 53.9 Å². The molecule has 6 nitrogen and oxygen atoms in total. The molecule has 0 aliphatic carbocycles. The Bertz CT molecular complexity index is 1040. The van der Waals surface area contributed by atoms with Gasteiger partial charge in [0, 0.05) is 37.1 Å². The SMILES string of the molecule is O=C(Nc1nc2c(F)cc(F)cc2s1)C1CCCN(C(=O)c2ccncc2)C1. The number of carbonyl (C=O) groups excluding carboxylic acids is 2. The second-order valence-electron chi connectivity index (χ2n) is 6.57. The van der Waals surface area contributed by atoms with E-state index in [1.165, 1.54) is 6.07 Å². The molecule has 4 rings (SSSR count). The molecular formula is C19H16F2N4O2S. The number of amides is 2. The largest absolute Gasteiger partial charge is 0.338 e. The first-order valence-electron chi connectivity index (χ1n) is 8.77. The number of thiazole rings is 1. The van der Waals surface area contributed by atoms with Gasteiger partial charge in [-0.25, -0.2) is 13.8 Å². The first-order chi connectivity index (χ1) is 13.5. The highest BCUT2D eigenvalue weighted by atomic mass is 32.1. The van der Waals surface area contributed by atoms with E-state index in [-0.39, 0.29) is 22.5 Å². The molecule has 1 unspecified atom stereocenters. The van der Waals surface area contributed by atoms with Gasteiger partial charge in [0.25, 0.3) is 5.91 Å². The van der Waals surface area contributed by atoms with Crippen LogP contribution in [0.25, 0.3) is 10.2 Å². The highest BCUT2D eigenvalue weighted by Gasteiger charge is 2.29. The summed E-state index contributed by atoms with van der Waals surface area (Å²) >= 11 is 1.01. The van der Waals surface area contributed by atoms with Crippen molar-refractivity contribution < 1.29 is 18.4 Å². The first-order valence-corrected chi connectivity index (χ1v) is 9.58. The van der Waals surface area contributed by atoms with Crippen LogP contribution in [-0.4, -0.2) is 39.8 Å². The number of likely N-dealkylation sites (tertiary alicyclic amines) is 1. The lowest BCUT2D eigenvalue weighted by atomic mass is 9.96. The van der Waals surface area contributed by atoms with E-state index < -0.39 is 17.6 Å². The molecule has 0 spiro atoms. The number of piperidine rings is 1. The van der Waals surface area contributed by atoms with Crippen LogP contribution in [0.4, 0.5) is 13.9 Å². The fourth-order valence-corrected chi connectivity index (χ4v) is 4.18. The Hall–Kier alpha value is -2.94. The summed E-state index contributed by atoms with van der Waals surface area (Å²) in [6.45, 7) is 0.872. The minimum Gasteiger partial charge on any atom is -0.338 e. The van der Waals surface area contributed by atoms with Gasteiger partial charge in [-0.2, -0.15) is 0 Å². The Morgan fingerprint density at radius 1 is 1.21 bits per heavy atom. The fraction of sp³-hybridized carbons (Fsp3) is 0.263. The Morgan fingerprint density at radius 2 is 2.00 bits per heavy atom. The van der Waals surface area contributed by atoms with E-state index in [1.807, 2.05) is 0 Å². The number of nitrogens with one attached hydrogen (secondary N) is 1. The topological polar surface area (TPSA) is 75.2 Å². The van der Waals surface area contributed by atoms with E-state index in [4.69, 9.17) is 0 Å². The van der Waals surface area contributed by atoms with Crippen LogP contribution in [0.2, 0.25) is 0 Å². The molecular weight excluding hydrogens is 386 g/mol. The zero-order valence-electron chi connectivity index (χ0n) is 14.7. The molecule has 2 aromatic heterocycles. The summed E-state index contributed by atoms with van der Waals surface area (Å²) in [6.07, 6.45) is 4.45. The van der Waals surface area contributed by atoms with Crippen molar-refractivity contribution in [2.45, 2.75) is 12.8 Å². The van der Waals surface area contributed by atoms with Gasteiger partial charge in [-0.05, 0) is 31.0 Å². The number of aromatic nitrogens is 2. The standard InChI is InChI=1S/C19H16F2N4O2S/c20-13-8-14(21)16-15(9-13)28-19(23-16)24-17(26)12-2-1-7-25(10-12)18(27)11-3-5-22-6-4-11/h3-6,8-9,12H,1-2,7,10H2,(H,23,24,26). The molecule has 0 saturated carbocycles. The summed E-state index contributed by atoms with van der Waals surface area (Å²) in [4.78, 5) is 34.8. The Kier molecular flexibility index (Phi) is 4.99. The number of halogens is 2. The maximum Gasteiger partial charge on any atom is 0.253 e. The summed E-state index contributed by atoms with van der Waals surface area (Å²) in [6, 6.07) is 5.22. The van der Waals surface area contributed by atoms with E-state index in [0.29, 0.717) is 36.2 Å². The number of nitrogens with zero attached hydrogens (tertiary/aromatic N) is 3. The van der Waals surface area contributed by atoms with Gasteiger partial charge in [0.15, 0.2) is 10.9 Å². The zero-order valence-corrected chi connectivity index (χ0v) is 15.5. The van der Waals surface area contributed by atoms with Gasteiger partial charge in [-0.3, -0.25) is 14.6 Å². The smallest absolute Gasteiger partial charge is 0.253 e. The van der Waals surface area contributed by atoms with Gasteiger partial charge in [-0.1, -0.05) is 11.3 Å². The van der Waals surface area contributed by atoms with Crippen LogP contribution in [0.15, 0.2) is 36.7 Å². The molecule has 0 radical (unpaired) electrons. The minimum absolute atomic E-state index is 0.0276. The van der Waals surface area contributed by atoms with Crippen molar-refractivity contribution in [3.8, 4) is 0 Å². The quantitative estimate of drug-likeness (QED) is 0.728. The second kappa shape index (κ2) is 7.59. The van der Waals surface area contributed by atoms with Crippen LogP contribution in [-0.2, 0) is 4.79 Å². The highest BCUT2D eigenvalue weighted by molar-refractivity contribution is 7.22. The monoisotopic (exact) mass is 402 g/mol. The van der Waals surface area contributed by atoms with Crippen molar-refractivity contribution in [2.24, 2.45) is 5.92 Å². The van der Waals surface area contributed by atoms with Crippen LogP contribution < -0.4 is 5.32 Å². The number of pyridine rings is 1. The highest BCUT2D eigenvalue weighted by Crippen LogP contribution is 2.29. The summed E-state index contributed by atoms with van der Waals surface area (Å²) < 4.78 is 27.5. The van der Waals surface area contributed by atoms with E-state index in [2.05, 4.69) is 15.3 Å². The molecule has 9 heteroatoms. The number of benzene rings is 1. The lowest BCUT2D eigenvalue weighted by Gasteiger charge is -2.31. The molecule has 0 bridgehead atoms. The molecule has 3 heterocycles. The van der Waals surface area contributed by atoms with Crippen LogP contribution in [0.3, 0.4) is 0 Å². The predicted molar refractivity (Wildman–Crippen MR) is 101 cm³/mol. The molecule has 1 aliphatic rings. The first kappa shape index (κ1) is 18.4. The van der Waals surface area contributed by atoms with Crippen LogP contribution in [0.5, 0.6) is 0 Å². The molecule has 28 heavy (non-hydrogen) atoms. The van der Waals surface area contributed by atoms with E-state index in [9.17, 15) is 18.4 Å². The number of anilines is 1. The van der Waals surface area contributed by atoms with Gasteiger partial charge in [-0.15, -0.1) is 0 Å². The second-order valence-corrected chi connectivity index (χ2v) is 7.60. The summed E-state index contributed by atoms with van der Waals surface area (Å²) in [7, 11) is 0. The maximum absolute atomic E-state index is 13.8. The van der Waals surface area contributed by atoms with Gasteiger partial charge in [0.1, 0.15) is 11.3 Å². The summed E-state index contributed by atoms with van der Waals surface area (Å²) in [5.74, 6) is -2.28. The minimum atomic E-state index is -0.765. The summed E-state index contributed by atoms with van der Waals surface area (Å²) in [5, 5.41) is 2.89. The normalized spacial score (nSPS) is 16.9. The van der Waals surface area contributed by atoms with E-state index >= 15 is 0 Å². The van der Waals surface area contributed by atoms with Crippen LogP contribution in [0.1, 0.15) is 23.2 Å². The third kappa shape index (κ3) is 3.70. The van der Waals surface area contributed by atoms with Gasteiger partial charge in [0.05, 0.1) is 10.6 Å². The van der Waals surface area contributed by atoms with Crippen molar-refractivity contribution in [1.29, 1.82) is 0 Å². The molecule has 1 atom stereocenters. The molecule has 1 fully saturated rings. The van der Waals surface area contributed by atoms with E-state index in [0.717, 1.165) is 17.4 Å². The maximum atomic E-state index is 13.8. The number of fused-ring (bicyclic) bond motifs is 1. The van der Waals surface area contributed by atoms with Crippen molar-refractivity contribution in [3.63, 3.8) is 0 Å². The molecule has 1 saturated heterocycles. The van der Waals surface area contributed by atoms with Crippen LogP contribution >= 0.6 is 11.3 Å². The average molecular weight is 402 g/mol. The van der Waals surface area contributed by atoms with Crippen molar-refractivity contribution >= 4 is 38.5 Å². The molecule has 2 amide bonds. The lowest BCUT2D eigenvalue weighted by Crippen LogP contribution is -2.43. The third-order valence-electron chi connectivity index (χ3n) is 4.65. The molecule has 3 aromatic rings. The van der Waals surface area contributed by atoms with Crippen LogP contribution in [0, 0.1) is 17.6 Å². The van der Waals surface area contributed by atoms with Gasteiger partial charge in [0.2, 0.25) is 5.91 Å².